The lowest BCUT2D eigenvalue weighted by molar-refractivity contribution is -0.118. The molecule has 29 heavy (non-hydrogen) atoms. The molecule has 0 saturated carbocycles. The average Bonchev–Trinajstić information content (AvgIpc) is 2.83. The Hall–Kier alpha value is -3.47. The molecule has 2 aromatic rings. The highest BCUT2D eigenvalue weighted by atomic mass is 19.1. The molecule has 2 N–H and O–H groups in total. The Labute approximate surface area is 168 Å². The molecule has 1 heterocycles. The quantitative estimate of drug-likeness (QED) is 0.468. The normalized spacial score (nSPS) is 11.0. The maximum absolute atomic E-state index is 13.5. The smallest absolute Gasteiger partial charge is 0.294 e. The highest BCUT2D eigenvalue weighted by Gasteiger charge is 2.30. The fourth-order valence-corrected chi connectivity index (χ4v) is 3.01. The van der Waals surface area contributed by atoms with Gasteiger partial charge in [0.2, 0.25) is 5.69 Å². The third kappa shape index (κ3) is 4.51. The Kier molecular flexibility index (Phi) is 5.93. The van der Waals surface area contributed by atoms with E-state index in [9.17, 15) is 18.8 Å². The summed E-state index contributed by atoms with van der Waals surface area (Å²) in [6, 6.07) is 3.68. The summed E-state index contributed by atoms with van der Waals surface area (Å²) in [5.41, 5.74) is 0.693. The minimum atomic E-state index is -0.756. The van der Waals surface area contributed by atoms with E-state index in [1.54, 1.807) is 41.7 Å². The molecule has 2 rings (SSSR count). The Bertz CT molecular complexity index is 1060. The fraction of sp³-hybridized carbons (Fsp3) is 0.333. The van der Waals surface area contributed by atoms with Crippen LogP contribution in [-0.4, -0.2) is 27.7 Å². The van der Waals surface area contributed by atoms with E-state index in [0.717, 1.165) is 6.07 Å². The van der Waals surface area contributed by atoms with E-state index in [-0.39, 0.29) is 22.6 Å². The van der Waals surface area contributed by atoms with E-state index in [0.29, 0.717) is 11.3 Å². The molecule has 0 unspecified atom stereocenters. The number of anilines is 1. The number of halogens is 1. The molecule has 0 aliphatic carbocycles. The third-order valence-electron chi connectivity index (χ3n) is 4.39. The van der Waals surface area contributed by atoms with Gasteiger partial charge in [-0.05, 0) is 58.4 Å². The molecule has 8 heteroatoms. The standard InChI is InChI=1S/C21H23FN4O3/c1-11-16(19(28)24-13-8-9-14(22)15(10-13)23-6)12(2)26(7)17(11)18(27)20(29)25-21(3,4)5/h8-10H,1-5,7H3,(H,24,28)(H,25,29). The number of carbonyl (C=O) groups excluding carboxylic acids is 3. The predicted octanol–water partition coefficient (Wildman–Crippen LogP) is 3.68. The number of carbonyl (C=O) groups is 3. The molecule has 0 fully saturated rings. The zero-order valence-corrected chi connectivity index (χ0v) is 17.2. The molecule has 2 amide bonds. The molecule has 0 radical (unpaired) electrons. The molecule has 0 spiro atoms. The number of nitrogens with zero attached hydrogens (tertiary/aromatic N) is 2. The van der Waals surface area contributed by atoms with E-state index in [1.807, 2.05) is 0 Å². The first-order valence-electron chi connectivity index (χ1n) is 8.88. The summed E-state index contributed by atoms with van der Waals surface area (Å²) in [6.07, 6.45) is 0. The zero-order chi connectivity index (χ0) is 22.1. The van der Waals surface area contributed by atoms with E-state index >= 15 is 0 Å². The van der Waals surface area contributed by atoms with Gasteiger partial charge in [0.25, 0.3) is 17.6 Å². The van der Waals surface area contributed by atoms with Crippen LogP contribution in [0.2, 0.25) is 0 Å². The van der Waals surface area contributed by atoms with Crippen molar-refractivity contribution >= 4 is 29.0 Å². The summed E-state index contributed by atoms with van der Waals surface area (Å²) in [5, 5.41) is 5.24. The Morgan fingerprint density at radius 3 is 2.34 bits per heavy atom. The number of hydrogen-bond donors (Lipinski definition) is 2. The molecule has 0 saturated heterocycles. The van der Waals surface area contributed by atoms with Gasteiger partial charge in [-0.3, -0.25) is 14.4 Å². The zero-order valence-electron chi connectivity index (χ0n) is 17.2. The van der Waals surface area contributed by atoms with Gasteiger partial charge in [-0.2, -0.15) is 0 Å². The van der Waals surface area contributed by atoms with Crippen molar-refractivity contribution in [3.05, 3.63) is 57.9 Å². The van der Waals surface area contributed by atoms with Gasteiger partial charge >= 0.3 is 0 Å². The van der Waals surface area contributed by atoms with Crippen molar-refractivity contribution in [1.82, 2.24) is 9.88 Å². The molecule has 0 atom stereocenters. The molecule has 0 aliphatic rings. The van der Waals surface area contributed by atoms with Crippen LogP contribution in [0.1, 0.15) is 52.9 Å². The van der Waals surface area contributed by atoms with Crippen molar-refractivity contribution in [2.24, 2.45) is 7.05 Å². The lowest BCUT2D eigenvalue weighted by atomic mass is 10.1. The molecular formula is C21H23FN4O3. The largest absolute Gasteiger partial charge is 0.345 e. The topological polar surface area (TPSA) is 84.6 Å². The highest BCUT2D eigenvalue weighted by molar-refractivity contribution is 6.43. The summed E-state index contributed by atoms with van der Waals surface area (Å²) >= 11 is 0. The van der Waals surface area contributed by atoms with Crippen LogP contribution >= 0.6 is 0 Å². The van der Waals surface area contributed by atoms with Crippen LogP contribution in [0.15, 0.2) is 18.2 Å². The average molecular weight is 398 g/mol. The van der Waals surface area contributed by atoms with Gasteiger partial charge in [-0.25, -0.2) is 9.24 Å². The number of Topliss-reactive ketones (excluding diaryl/α,β-unsaturated/α-hetero) is 1. The molecule has 1 aromatic carbocycles. The Morgan fingerprint density at radius 1 is 1.17 bits per heavy atom. The van der Waals surface area contributed by atoms with Crippen LogP contribution < -0.4 is 10.6 Å². The SMILES string of the molecule is [C-]#[N+]c1cc(NC(=O)c2c(C)c(C(=O)C(=O)NC(C)(C)C)n(C)c2C)ccc1F. The second kappa shape index (κ2) is 7.87. The number of ketones is 1. The van der Waals surface area contributed by atoms with Crippen molar-refractivity contribution in [2.75, 3.05) is 5.32 Å². The number of nitrogens with one attached hydrogen (secondary N) is 2. The van der Waals surface area contributed by atoms with Crippen LogP contribution in [0.25, 0.3) is 4.85 Å². The Balaban J connectivity index is 2.39. The second-order valence-corrected chi connectivity index (χ2v) is 7.76. The van der Waals surface area contributed by atoms with E-state index in [1.165, 1.54) is 16.7 Å². The summed E-state index contributed by atoms with van der Waals surface area (Å²) in [4.78, 5) is 40.9. The van der Waals surface area contributed by atoms with E-state index in [4.69, 9.17) is 6.57 Å². The number of hydrogen-bond acceptors (Lipinski definition) is 3. The lowest BCUT2D eigenvalue weighted by Crippen LogP contribution is -2.44. The van der Waals surface area contributed by atoms with Gasteiger partial charge in [0.15, 0.2) is 0 Å². The van der Waals surface area contributed by atoms with Gasteiger partial charge in [0.1, 0.15) is 5.82 Å². The van der Waals surface area contributed by atoms with Gasteiger partial charge in [0.05, 0.1) is 17.8 Å². The van der Waals surface area contributed by atoms with Crippen LogP contribution in [-0.2, 0) is 11.8 Å². The van der Waals surface area contributed by atoms with Gasteiger partial charge < -0.3 is 15.2 Å². The number of amides is 2. The summed E-state index contributed by atoms with van der Waals surface area (Å²) in [6.45, 7) is 15.5. The minimum absolute atomic E-state index is 0.121. The first kappa shape index (κ1) is 21.8. The summed E-state index contributed by atoms with van der Waals surface area (Å²) in [5.74, 6) is -2.69. The second-order valence-electron chi connectivity index (χ2n) is 7.76. The molecule has 0 aliphatic heterocycles. The number of benzene rings is 1. The van der Waals surface area contributed by atoms with Gasteiger partial charge in [0, 0.05) is 24.0 Å². The third-order valence-corrected chi connectivity index (χ3v) is 4.39. The van der Waals surface area contributed by atoms with Crippen molar-refractivity contribution in [2.45, 2.75) is 40.2 Å². The molecule has 152 valence electrons. The Morgan fingerprint density at radius 2 is 1.79 bits per heavy atom. The minimum Gasteiger partial charge on any atom is -0.345 e. The fourth-order valence-electron chi connectivity index (χ4n) is 3.01. The van der Waals surface area contributed by atoms with E-state index in [2.05, 4.69) is 15.5 Å². The monoisotopic (exact) mass is 398 g/mol. The lowest BCUT2D eigenvalue weighted by Gasteiger charge is -2.20. The summed E-state index contributed by atoms with van der Waals surface area (Å²) in [7, 11) is 1.60. The number of rotatable bonds is 4. The molecule has 1 aromatic heterocycles. The maximum Gasteiger partial charge on any atom is 0.294 e. The van der Waals surface area contributed by atoms with Crippen molar-refractivity contribution in [3.63, 3.8) is 0 Å². The van der Waals surface area contributed by atoms with Gasteiger partial charge in [-0.1, -0.05) is 0 Å². The maximum atomic E-state index is 13.5. The van der Waals surface area contributed by atoms with Crippen molar-refractivity contribution in [3.8, 4) is 0 Å². The van der Waals surface area contributed by atoms with Crippen LogP contribution in [0.5, 0.6) is 0 Å². The first-order valence-corrected chi connectivity index (χ1v) is 8.88. The number of aromatic nitrogens is 1. The summed E-state index contributed by atoms with van der Waals surface area (Å²) < 4.78 is 15.0. The molecule has 7 nitrogen and oxygen atoms in total. The van der Waals surface area contributed by atoms with Crippen molar-refractivity contribution in [1.29, 1.82) is 0 Å². The van der Waals surface area contributed by atoms with Gasteiger partial charge in [-0.15, -0.1) is 0 Å². The van der Waals surface area contributed by atoms with Crippen LogP contribution in [0.3, 0.4) is 0 Å². The first-order chi connectivity index (χ1) is 13.4. The molecular weight excluding hydrogens is 375 g/mol. The highest BCUT2D eigenvalue weighted by Crippen LogP contribution is 2.26. The van der Waals surface area contributed by atoms with Crippen LogP contribution in [0, 0.1) is 26.2 Å². The predicted molar refractivity (Wildman–Crippen MR) is 108 cm³/mol. The van der Waals surface area contributed by atoms with Crippen LogP contribution in [0.4, 0.5) is 15.8 Å². The van der Waals surface area contributed by atoms with E-state index < -0.39 is 29.0 Å². The molecule has 0 bridgehead atoms. The van der Waals surface area contributed by atoms with Crippen molar-refractivity contribution < 1.29 is 18.8 Å².